The summed E-state index contributed by atoms with van der Waals surface area (Å²) in [4.78, 5) is 27.1. The van der Waals surface area contributed by atoms with Gasteiger partial charge in [0.1, 0.15) is 11.6 Å². The summed E-state index contributed by atoms with van der Waals surface area (Å²) in [6, 6.07) is 16.5. The normalized spacial score (nSPS) is 16.6. The van der Waals surface area contributed by atoms with Crippen molar-refractivity contribution >= 4 is 17.7 Å². The number of para-hydroxylation sites is 1. The zero-order chi connectivity index (χ0) is 18.7. The summed E-state index contributed by atoms with van der Waals surface area (Å²) >= 11 is 0. The first kappa shape index (κ1) is 18.0. The standard InChI is InChI=1S/C21H24N2O3/c1-21(2,3)26-20(25)23-14-16-10-8-7-9-15(16)13-18(23)19(24)22-17-11-5-4-6-12-17/h4-12,18H,13-14H2,1-3H3,(H,22,24). The number of hydrogen-bond acceptors (Lipinski definition) is 3. The van der Waals surface area contributed by atoms with Gasteiger partial charge in [-0.15, -0.1) is 0 Å². The first-order chi connectivity index (χ1) is 12.3. The molecule has 5 heteroatoms. The Balaban J connectivity index is 1.86. The number of benzene rings is 2. The van der Waals surface area contributed by atoms with Crippen LogP contribution in [-0.2, 0) is 22.5 Å². The van der Waals surface area contributed by atoms with E-state index in [-0.39, 0.29) is 5.91 Å². The molecule has 0 radical (unpaired) electrons. The second kappa shape index (κ2) is 7.20. The molecular weight excluding hydrogens is 328 g/mol. The van der Waals surface area contributed by atoms with Crippen molar-refractivity contribution in [2.75, 3.05) is 5.32 Å². The molecule has 0 fully saturated rings. The first-order valence-corrected chi connectivity index (χ1v) is 8.76. The van der Waals surface area contributed by atoms with Gasteiger partial charge in [-0.2, -0.15) is 0 Å². The lowest BCUT2D eigenvalue weighted by Gasteiger charge is -2.36. The van der Waals surface area contributed by atoms with Crippen LogP contribution in [0.2, 0.25) is 0 Å². The van der Waals surface area contributed by atoms with Gasteiger partial charge in [-0.05, 0) is 44.0 Å². The molecule has 0 aliphatic carbocycles. The van der Waals surface area contributed by atoms with E-state index in [9.17, 15) is 9.59 Å². The summed E-state index contributed by atoms with van der Waals surface area (Å²) in [7, 11) is 0. The number of fused-ring (bicyclic) bond motifs is 1. The Morgan fingerprint density at radius 3 is 2.27 bits per heavy atom. The Bertz CT molecular complexity index is 796. The number of ether oxygens (including phenoxy) is 1. The van der Waals surface area contributed by atoms with Crippen LogP contribution in [0.25, 0.3) is 0 Å². The number of hydrogen-bond donors (Lipinski definition) is 1. The zero-order valence-electron chi connectivity index (χ0n) is 15.4. The molecule has 2 aromatic rings. The second-order valence-corrected chi connectivity index (χ2v) is 7.45. The summed E-state index contributed by atoms with van der Waals surface area (Å²) in [6.45, 7) is 5.82. The van der Waals surface area contributed by atoms with E-state index in [1.807, 2.05) is 75.4 Å². The molecule has 1 unspecified atom stereocenters. The minimum absolute atomic E-state index is 0.212. The Morgan fingerprint density at radius 2 is 1.62 bits per heavy atom. The fraction of sp³-hybridized carbons (Fsp3) is 0.333. The lowest BCUT2D eigenvalue weighted by atomic mass is 9.93. The lowest BCUT2D eigenvalue weighted by Crippen LogP contribution is -2.52. The molecule has 0 saturated heterocycles. The van der Waals surface area contributed by atoms with Gasteiger partial charge < -0.3 is 10.1 Å². The van der Waals surface area contributed by atoms with Crippen LogP contribution in [-0.4, -0.2) is 28.5 Å². The highest BCUT2D eigenvalue weighted by atomic mass is 16.6. The maximum absolute atomic E-state index is 12.9. The largest absolute Gasteiger partial charge is 0.444 e. The summed E-state index contributed by atoms with van der Waals surface area (Å²) < 4.78 is 5.53. The molecule has 1 atom stereocenters. The predicted octanol–water partition coefficient (Wildman–Crippen LogP) is 3.99. The molecule has 136 valence electrons. The van der Waals surface area contributed by atoms with Gasteiger partial charge in [0.15, 0.2) is 0 Å². The van der Waals surface area contributed by atoms with Crippen LogP contribution >= 0.6 is 0 Å². The molecule has 2 amide bonds. The van der Waals surface area contributed by atoms with E-state index in [4.69, 9.17) is 4.74 Å². The van der Waals surface area contributed by atoms with Crippen molar-refractivity contribution in [2.45, 2.75) is 45.4 Å². The van der Waals surface area contributed by atoms with E-state index in [2.05, 4.69) is 5.32 Å². The summed E-state index contributed by atoms with van der Waals surface area (Å²) in [6.07, 6.45) is -0.00567. The van der Waals surface area contributed by atoms with Crippen molar-refractivity contribution in [2.24, 2.45) is 0 Å². The average molecular weight is 352 g/mol. The minimum atomic E-state index is -0.617. The van der Waals surface area contributed by atoms with Crippen molar-refractivity contribution in [3.8, 4) is 0 Å². The van der Waals surface area contributed by atoms with Crippen molar-refractivity contribution < 1.29 is 14.3 Å². The molecule has 1 aliphatic heterocycles. The number of amides is 2. The van der Waals surface area contributed by atoms with E-state index in [0.29, 0.717) is 18.7 Å². The highest BCUT2D eigenvalue weighted by molar-refractivity contribution is 5.97. The van der Waals surface area contributed by atoms with Crippen LogP contribution in [0, 0.1) is 0 Å². The van der Waals surface area contributed by atoms with E-state index < -0.39 is 17.7 Å². The highest BCUT2D eigenvalue weighted by Gasteiger charge is 2.36. The van der Waals surface area contributed by atoms with Gasteiger partial charge in [-0.1, -0.05) is 42.5 Å². The molecule has 3 rings (SSSR count). The van der Waals surface area contributed by atoms with Gasteiger partial charge in [-0.25, -0.2) is 4.79 Å². The van der Waals surface area contributed by atoms with E-state index in [0.717, 1.165) is 11.1 Å². The van der Waals surface area contributed by atoms with E-state index in [1.165, 1.54) is 4.90 Å². The number of nitrogens with zero attached hydrogens (tertiary/aromatic N) is 1. The molecule has 1 N–H and O–H groups in total. The quantitative estimate of drug-likeness (QED) is 0.889. The van der Waals surface area contributed by atoms with Crippen LogP contribution in [0.1, 0.15) is 31.9 Å². The van der Waals surface area contributed by atoms with Gasteiger partial charge in [0.2, 0.25) is 5.91 Å². The maximum atomic E-state index is 12.9. The summed E-state index contributed by atoms with van der Waals surface area (Å²) in [5, 5.41) is 2.90. The maximum Gasteiger partial charge on any atom is 0.411 e. The summed E-state index contributed by atoms with van der Waals surface area (Å²) in [5.74, 6) is -0.212. The van der Waals surface area contributed by atoms with E-state index >= 15 is 0 Å². The number of carbonyl (C=O) groups excluding carboxylic acids is 2. The van der Waals surface area contributed by atoms with Crippen molar-refractivity contribution in [3.05, 3.63) is 65.7 Å². The van der Waals surface area contributed by atoms with E-state index in [1.54, 1.807) is 0 Å². The van der Waals surface area contributed by atoms with Gasteiger partial charge in [-0.3, -0.25) is 9.69 Å². The monoisotopic (exact) mass is 352 g/mol. The van der Waals surface area contributed by atoms with Gasteiger partial charge in [0, 0.05) is 12.1 Å². The van der Waals surface area contributed by atoms with Crippen LogP contribution in [0.15, 0.2) is 54.6 Å². The third-order valence-corrected chi connectivity index (χ3v) is 4.22. The van der Waals surface area contributed by atoms with Crippen LogP contribution in [0.5, 0.6) is 0 Å². The number of rotatable bonds is 2. The molecule has 0 saturated carbocycles. The predicted molar refractivity (Wildman–Crippen MR) is 101 cm³/mol. The SMILES string of the molecule is CC(C)(C)OC(=O)N1Cc2ccccc2CC1C(=O)Nc1ccccc1. The van der Waals surface area contributed by atoms with Gasteiger partial charge in [0.05, 0.1) is 6.54 Å². The Kier molecular flexibility index (Phi) is 4.98. The average Bonchev–Trinajstić information content (AvgIpc) is 2.60. The zero-order valence-corrected chi connectivity index (χ0v) is 15.4. The molecule has 0 bridgehead atoms. The lowest BCUT2D eigenvalue weighted by molar-refractivity contribution is -0.121. The van der Waals surface area contributed by atoms with Crippen molar-refractivity contribution in [1.82, 2.24) is 4.90 Å². The molecule has 0 aromatic heterocycles. The topological polar surface area (TPSA) is 58.6 Å². The molecular formula is C21H24N2O3. The fourth-order valence-corrected chi connectivity index (χ4v) is 3.02. The number of carbonyl (C=O) groups is 2. The molecule has 1 heterocycles. The summed E-state index contributed by atoms with van der Waals surface area (Å²) in [5.41, 5.74) is 2.22. The van der Waals surface area contributed by atoms with Crippen molar-refractivity contribution in [3.63, 3.8) is 0 Å². The molecule has 26 heavy (non-hydrogen) atoms. The molecule has 5 nitrogen and oxygen atoms in total. The third-order valence-electron chi connectivity index (χ3n) is 4.22. The Hall–Kier alpha value is -2.82. The van der Waals surface area contributed by atoms with Crippen molar-refractivity contribution in [1.29, 1.82) is 0 Å². The number of nitrogens with one attached hydrogen (secondary N) is 1. The highest BCUT2D eigenvalue weighted by Crippen LogP contribution is 2.26. The van der Waals surface area contributed by atoms with Crippen LogP contribution < -0.4 is 5.32 Å². The Morgan fingerprint density at radius 1 is 1.00 bits per heavy atom. The van der Waals surface area contributed by atoms with Crippen LogP contribution in [0.4, 0.5) is 10.5 Å². The Labute approximate surface area is 154 Å². The van der Waals surface area contributed by atoms with Crippen LogP contribution in [0.3, 0.4) is 0 Å². The second-order valence-electron chi connectivity index (χ2n) is 7.45. The molecule has 1 aliphatic rings. The molecule has 0 spiro atoms. The smallest absolute Gasteiger partial charge is 0.411 e. The minimum Gasteiger partial charge on any atom is -0.444 e. The third kappa shape index (κ3) is 4.23. The fourth-order valence-electron chi connectivity index (χ4n) is 3.02. The van der Waals surface area contributed by atoms with Gasteiger partial charge in [0.25, 0.3) is 0 Å². The van der Waals surface area contributed by atoms with Gasteiger partial charge >= 0.3 is 6.09 Å². The number of anilines is 1. The molecule has 2 aromatic carbocycles. The first-order valence-electron chi connectivity index (χ1n) is 8.76.